The van der Waals surface area contributed by atoms with Gasteiger partial charge in [-0.1, -0.05) is 48.5 Å². The van der Waals surface area contributed by atoms with Gasteiger partial charge in [-0.15, -0.1) is 0 Å². The summed E-state index contributed by atoms with van der Waals surface area (Å²) in [7, 11) is 0. The van der Waals surface area contributed by atoms with E-state index in [0.717, 1.165) is 16.3 Å². The zero-order chi connectivity index (χ0) is 16.9. The molecular weight excluding hydrogens is 301 g/mol. The molecular formula is C21H16FNO. The van der Waals surface area contributed by atoms with Crippen molar-refractivity contribution in [2.24, 2.45) is 0 Å². The molecule has 0 spiro atoms. The maximum absolute atomic E-state index is 14.1. The SMILES string of the molecule is CCOc1ccc2ccccc2c1/C=C(/C#N)c1ccccc1F. The van der Waals surface area contributed by atoms with E-state index < -0.39 is 5.82 Å². The second kappa shape index (κ2) is 6.97. The van der Waals surface area contributed by atoms with Gasteiger partial charge in [0.2, 0.25) is 0 Å². The Morgan fingerprint density at radius 1 is 1.08 bits per heavy atom. The van der Waals surface area contributed by atoms with Gasteiger partial charge in [-0.25, -0.2) is 4.39 Å². The Morgan fingerprint density at radius 2 is 1.83 bits per heavy atom. The van der Waals surface area contributed by atoms with Crippen LogP contribution in [0.5, 0.6) is 5.75 Å². The van der Waals surface area contributed by atoms with Crippen molar-refractivity contribution in [1.82, 2.24) is 0 Å². The fourth-order valence-corrected chi connectivity index (χ4v) is 2.70. The number of fused-ring (bicyclic) bond motifs is 1. The van der Waals surface area contributed by atoms with Crippen molar-refractivity contribution in [3.8, 4) is 11.8 Å². The first-order chi connectivity index (χ1) is 11.7. The number of ether oxygens (including phenoxy) is 1. The van der Waals surface area contributed by atoms with Crippen LogP contribution in [0, 0.1) is 17.1 Å². The van der Waals surface area contributed by atoms with E-state index >= 15 is 0 Å². The highest BCUT2D eigenvalue weighted by Gasteiger charge is 2.11. The van der Waals surface area contributed by atoms with Crippen molar-refractivity contribution in [3.63, 3.8) is 0 Å². The van der Waals surface area contributed by atoms with E-state index in [4.69, 9.17) is 4.74 Å². The maximum atomic E-state index is 14.1. The molecule has 3 aromatic carbocycles. The van der Waals surface area contributed by atoms with Crippen molar-refractivity contribution in [2.45, 2.75) is 6.92 Å². The highest BCUT2D eigenvalue weighted by molar-refractivity contribution is 6.00. The van der Waals surface area contributed by atoms with E-state index in [9.17, 15) is 9.65 Å². The molecule has 0 fully saturated rings. The summed E-state index contributed by atoms with van der Waals surface area (Å²) in [5, 5.41) is 11.5. The van der Waals surface area contributed by atoms with Gasteiger partial charge in [0.25, 0.3) is 0 Å². The first kappa shape index (κ1) is 15.8. The number of nitriles is 1. The molecule has 0 aromatic heterocycles. The second-order valence-electron chi connectivity index (χ2n) is 5.28. The first-order valence-electron chi connectivity index (χ1n) is 7.76. The molecule has 0 heterocycles. The molecule has 3 aromatic rings. The van der Waals surface area contributed by atoms with Gasteiger partial charge in [0, 0.05) is 11.1 Å². The number of nitrogens with zero attached hydrogens (tertiary/aromatic N) is 1. The largest absolute Gasteiger partial charge is 0.493 e. The third kappa shape index (κ3) is 3.00. The van der Waals surface area contributed by atoms with Crippen LogP contribution in [0.25, 0.3) is 22.4 Å². The van der Waals surface area contributed by atoms with Gasteiger partial charge in [0.15, 0.2) is 0 Å². The van der Waals surface area contributed by atoms with Crippen LogP contribution in [0.15, 0.2) is 60.7 Å². The van der Waals surface area contributed by atoms with Crippen LogP contribution in [0.2, 0.25) is 0 Å². The van der Waals surface area contributed by atoms with Gasteiger partial charge < -0.3 is 4.74 Å². The quantitative estimate of drug-likeness (QED) is 0.474. The van der Waals surface area contributed by atoms with Crippen LogP contribution >= 0.6 is 0 Å². The maximum Gasteiger partial charge on any atom is 0.131 e. The van der Waals surface area contributed by atoms with Crippen molar-refractivity contribution in [3.05, 3.63) is 77.6 Å². The van der Waals surface area contributed by atoms with Crippen molar-refractivity contribution >= 4 is 22.4 Å². The molecule has 0 N–H and O–H groups in total. The lowest BCUT2D eigenvalue weighted by Crippen LogP contribution is -1.95. The van der Waals surface area contributed by atoms with Crippen LogP contribution < -0.4 is 4.74 Å². The van der Waals surface area contributed by atoms with E-state index in [1.54, 1.807) is 24.3 Å². The van der Waals surface area contributed by atoms with Gasteiger partial charge in [0.1, 0.15) is 11.6 Å². The third-order valence-corrected chi connectivity index (χ3v) is 3.80. The van der Waals surface area contributed by atoms with Gasteiger partial charge in [-0.2, -0.15) is 5.26 Å². The van der Waals surface area contributed by atoms with E-state index in [0.29, 0.717) is 12.4 Å². The summed E-state index contributed by atoms with van der Waals surface area (Å²) in [5.41, 5.74) is 1.34. The Bertz CT molecular complexity index is 953. The summed E-state index contributed by atoms with van der Waals surface area (Å²) in [6, 6.07) is 20.1. The fourth-order valence-electron chi connectivity index (χ4n) is 2.70. The lowest BCUT2D eigenvalue weighted by Gasteiger charge is -2.11. The Morgan fingerprint density at radius 3 is 2.58 bits per heavy atom. The van der Waals surface area contributed by atoms with Crippen LogP contribution in [-0.4, -0.2) is 6.61 Å². The predicted octanol–water partition coefficient (Wildman–Crippen LogP) is 5.44. The highest BCUT2D eigenvalue weighted by Crippen LogP contribution is 2.32. The lowest BCUT2D eigenvalue weighted by atomic mass is 9.98. The Labute approximate surface area is 140 Å². The van der Waals surface area contributed by atoms with Gasteiger partial charge in [-0.3, -0.25) is 0 Å². The van der Waals surface area contributed by atoms with E-state index in [-0.39, 0.29) is 11.1 Å². The summed E-state index contributed by atoms with van der Waals surface area (Å²) in [6.07, 6.45) is 1.70. The Balaban J connectivity index is 2.25. The monoisotopic (exact) mass is 317 g/mol. The first-order valence-corrected chi connectivity index (χ1v) is 7.76. The summed E-state index contributed by atoms with van der Waals surface area (Å²) in [4.78, 5) is 0. The van der Waals surface area contributed by atoms with Gasteiger partial charge >= 0.3 is 0 Å². The molecule has 0 aliphatic carbocycles. The number of hydrogen-bond donors (Lipinski definition) is 0. The fraction of sp³-hybridized carbons (Fsp3) is 0.0952. The molecule has 0 aliphatic rings. The molecule has 118 valence electrons. The molecule has 0 amide bonds. The molecule has 3 rings (SSSR count). The average Bonchev–Trinajstić information content (AvgIpc) is 2.62. The third-order valence-electron chi connectivity index (χ3n) is 3.80. The zero-order valence-electron chi connectivity index (χ0n) is 13.3. The second-order valence-corrected chi connectivity index (χ2v) is 5.28. The topological polar surface area (TPSA) is 33.0 Å². The van der Waals surface area contributed by atoms with Gasteiger partial charge in [0.05, 0.1) is 18.2 Å². The zero-order valence-corrected chi connectivity index (χ0v) is 13.3. The molecule has 3 heteroatoms. The minimum atomic E-state index is -0.413. The summed E-state index contributed by atoms with van der Waals surface area (Å²) in [6.45, 7) is 2.42. The van der Waals surface area contributed by atoms with Crippen molar-refractivity contribution < 1.29 is 9.13 Å². The molecule has 0 atom stereocenters. The van der Waals surface area contributed by atoms with Gasteiger partial charge in [-0.05, 0) is 35.9 Å². The highest BCUT2D eigenvalue weighted by atomic mass is 19.1. The van der Waals surface area contributed by atoms with E-state index in [1.807, 2.05) is 43.3 Å². The van der Waals surface area contributed by atoms with E-state index in [2.05, 4.69) is 6.07 Å². The number of halogens is 1. The predicted molar refractivity (Wildman–Crippen MR) is 95.0 cm³/mol. The normalized spacial score (nSPS) is 11.3. The summed E-state index contributed by atoms with van der Waals surface area (Å²) in [5.74, 6) is 0.267. The molecule has 0 bridgehead atoms. The molecule has 0 radical (unpaired) electrons. The van der Waals surface area contributed by atoms with Crippen LogP contribution in [0.4, 0.5) is 4.39 Å². The molecule has 0 aliphatic heterocycles. The number of rotatable bonds is 4. The standard InChI is InChI=1S/C21H16FNO/c1-2-24-21-12-11-15-7-3-4-8-17(15)19(21)13-16(14-23)18-9-5-6-10-20(18)22/h3-13H,2H2,1H3/b16-13-. The summed E-state index contributed by atoms with van der Waals surface area (Å²) < 4.78 is 19.8. The van der Waals surface area contributed by atoms with Crippen molar-refractivity contribution in [2.75, 3.05) is 6.61 Å². The lowest BCUT2D eigenvalue weighted by molar-refractivity contribution is 0.340. The minimum absolute atomic E-state index is 0.269. The molecule has 0 saturated heterocycles. The molecule has 0 unspecified atom stereocenters. The average molecular weight is 317 g/mol. The molecule has 24 heavy (non-hydrogen) atoms. The van der Waals surface area contributed by atoms with E-state index in [1.165, 1.54) is 6.07 Å². The van der Waals surface area contributed by atoms with Crippen LogP contribution in [0.1, 0.15) is 18.1 Å². The molecule has 0 saturated carbocycles. The summed E-state index contributed by atoms with van der Waals surface area (Å²) >= 11 is 0. The van der Waals surface area contributed by atoms with Crippen LogP contribution in [-0.2, 0) is 0 Å². The number of benzene rings is 3. The smallest absolute Gasteiger partial charge is 0.131 e. The minimum Gasteiger partial charge on any atom is -0.493 e. The Hall–Kier alpha value is -3.12. The van der Waals surface area contributed by atoms with Crippen molar-refractivity contribution in [1.29, 1.82) is 5.26 Å². The number of allylic oxidation sites excluding steroid dienone is 1. The van der Waals surface area contributed by atoms with Crippen LogP contribution in [0.3, 0.4) is 0 Å². The number of hydrogen-bond acceptors (Lipinski definition) is 2. The Kier molecular flexibility index (Phi) is 4.58. The molecule has 2 nitrogen and oxygen atoms in total.